The Kier molecular flexibility index (Phi) is 3.75. The van der Waals surface area contributed by atoms with E-state index in [0.29, 0.717) is 0 Å². The Morgan fingerprint density at radius 3 is 2.76 bits per heavy atom. The molecule has 0 bridgehead atoms. The van der Waals surface area contributed by atoms with Crippen LogP contribution in [0.4, 0.5) is 5.95 Å². The number of rotatable bonds is 5. The fourth-order valence-corrected chi connectivity index (χ4v) is 1.73. The van der Waals surface area contributed by atoms with Crippen molar-refractivity contribution in [1.29, 1.82) is 0 Å². The molecular weight excluding hydrogens is 212 g/mol. The summed E-state index contributed by atoms with van der Waals surface area (Å²) < 4.78 is 2.14. The molecule has 0 radical (unpaired) electrons. The largest absolute Gasteiger partial charge is 0.356 e. The topological polar surface area (TPSA) is 42.7 Å². The molecule has 17 heavy (non-hydrogen) atoms. The summed E-state index contributed by atoms with van der Waals surface area (Å²) in [6.07, 6.45) is 6.80. The van der Waals surface area contributed by atoms with Crippen LogP contribution in [0.15, 0.2) is 30.7 Å². The summed E-state index contributed by atoms with van der Waals surface area (Å²) in [5, 5.41) is 3.34. The first-order valence-electron chi connectivity index (χ1n) is 5.96. The molecule has 0 saturated heterocycles. The van der Waals surface area contributed by atoms with Crippen LogP contribution in [0.5, 0.6) is 0 Å². The molecule has 0 fully saturated rings. The molecule has 2 aromatic heterocycles. The van der Waals surface area contributed by atoms with E-state index in [-0.39, 0.29) is 0 Å². The normalized spacial score (nSPS) is 10.5. The Labute approximate surface area is 102 Å². The van der Waals surface area contributed by atoms with Crippen molar-refractivity contribution in [2.75, 3.05) is 11.9 Å². The molecule has 1 N–H and O–H groups in total. The van der Waals surface area contributed by atoms with Crippen molar-refractivity contribution < 1.29 is 0 Å². The number of aryl methyl sites for hydroxylation is 1. The smallest absolute Gasteiger partial charge is 0.203 e. The van der Waals surface area contributed by atoms with Crippen LogP contribution in [-0.2, 0) is 6.54 Å². The van der Waals surface area contributed by atoms with Crippen LogP contribution in [0.2, 0.25) is 0 Å². The van der Waals surface area contributed by atoms with Crippen LogP contribution in [0, 0.1) is 6.92 Å². The number of hydrogen-bond donors (Lipinski definition) is 1. The first kappa shape index (κ1) is 11.6. The number of nitrogens with one attached hydrogen (secondary N) is 1. The molecule has 2 rings (SSSR count). The van der Waals surface area contributed by atoms with Crippen molar-refractivity contribution in [2.24, 2.45) is 0 Å². The summed E-state index contributed by atoms with van der Waals surface area (Å²) in [6.45, 7) is 5.94. The van der Waals surface area contributed by atoms with Crippen molar-refractivity contribution in [3.8, 4) is 0 Å². The Balaban J connectivity index is 2.14. The average molecular weight is 230 g/mol. The molecule has 0 unspecified atom stereocenters. The number of hydrogen-bond acceptors (Lipinski definition) is 3. The van der Waals surface area contributed by atoms with Gasteiger partial charge in [-0.05, 0) is 31.0 Å². The lowest BCUT2D eigenvalue weighted by Gasteiger charge is -2.08. The fraction of sp³-hybridized carbons (Fsp3) is 0.385. The monoisotopic (exact) mass is 230 g/mol. The molecule has 2 aromatic rings. The highest BCUT2D eigenvalue weighted by Gasteiger charge is 2.04. The predicted octanol–water partition coefficient (Wildman–Crippen LogP) is 2.46. The van der Waals surface area contributed by atoms with E-state index in [1.165, 1.54) is 5.56 Å². The lowest BCUT2D eigenvalue weighted by Crippen LogP contribution is -2.08. The van der Waals surface area contributed by atoms with Crippen LogP contribution in [0.25, 0.3) is 0 Å². The van der Waals surface area contributed by atoms with Crippen molar-refractivity contribution in [2.45, 2.75) is 26.8 Å². The van der Waals surface area contributed by atoms with Gasteiger partial charge in [0.2, 0.25) is 5.95 Å². The minimum Gasteiger partial charge on any atom is -0.356 e. The third-order valence-corrected chi connectivity index (χ3v) is 2.53. The van der Waals surface area contributed by atoms with Gasteiger partial charge in [-0.3, -0.25) is 4.98 Å². The van der Waals surface area contributed by atoms with E-state index in [2.05, 4.69) is 33.0 Å². The van der Waals surface area contributed by atoms with Gasteiger partial charge in [-0.1, -0.05) is 6.92 Å². The lowest BCUT2D eigenvalue weighted by molar-refractivity contribution is 0.791. The van der Waals surface area contributed by atoms with Crippen molar-refractivity contribution in [3.63, 3.8) is 0 Å². The SMILES string of the molecule is CCCNc1nc(C)cn1Cc1ccncc1. The van der Waals surface area contributed by atoms with Crippen molar-refractivity contribution in [1.82, 2.24) is 14.5 Å². The van der Waals surface area contributed by atoms with Gasteiger partial charge in [-0.25, -0.2) is 4.98 Å². The highest BCUT2D eigenvalue weighted by Crippen LogP contribution is 2.11. The Bertz CT molecular complexity index is 462. The third kappa shape index (κ3) is 3.06. The summed E-state index contributed by atoms with van der Waals surface area (Å²) in [6, 6.07) is 4.05. The molecule has 0 aliphatic carbocycles. The lowest BCUT2D eigenvalue weighted by atomic mass is 10.3. The number of imidazole rings is 1. The van der Waals surface area contributed by atoms with Crippen LogP contribution >= 0.6 is 0 Å². The molecule has 0 saturated carbocycles. The standard InChI is InChI=1S/C13H18N4/c1-3-6-15-13-16-11(2)9-17(13)10-12-4-7-14-8-5-12/h4-5,7-9H,3,6,10H2,1-2H3,(H,15,16). The Hall–Kier alpha value is -1.84. The van der Waals surface area contributed by atoms with E-state index in [9.17, 15) is 0 Å². The summed E-state index contributed by atoms with van der Waals surface area (Å²) in [7, 11) is 0. The number of pyridine rings is 1. The second-order valence-electron chi connectivity index (χ2n) is 4.12. The number of aromatic nitrogens is 3. The molecule has 90 valence electrons. The molecule has 0 spiro atoms. The Morgan fingerprint density at radius 1 is 1.29 bits per heavy atom. The number of nitrogens with zero attached hydrogens (tertiary/aromatic N) is 3. The van der Waals surface area contributed by atoms with Gasteiger partial charge in [-0.15, -0.1) is 0 Å². The fourth-order valence-electron chi connectivity index (χ4n) is 1.73. The van der Waals surface area contributed by atoms with Crippen LogP contribution in [-0.4, -0.2) is 21.1 Å². The summed E-state index contributed by atoms with van der Waals surface area (Å²) >= 11 is 0. The number of anilines is 1. The zero-order valence-corrected chi connectivity index (χ0v) is 10.3. The van der Waals surface area contributed by atoms with Crippen LogP contribution < -0.4 is 5.32 Å². The molecule has 0 aliphatic rings. The van der Waals surface area contributed by atoms with Gasteiger partial charge in [0.25, 0.3) is 0 Å². The highest BCUT2D eigenvalue weighted by atomic mass is 15.2. The average Bonchev–Trinajstić information content (AvgIpc) is 2.68. The molecule has 0 aliphatic heterocycles. The van der Waals surface area contributed by atoms with Gasteiger partial charge in [0, 0.05) is 25.1 Å². The zero-order chi connectivity index (χ0) is 12.1. The maximum Gasteiger partial charge on any atom is 0.203 e. The van der Waals surface area contributed by atoms with Gasteiger partial charge in [0.05, 0.1) is 12.2 Å². The molecule has 0 atom stereocenters. The minimum atomic E-state index is 0.829. The Morgan fingerprint density at radius 2 is 2.06 bits per heavy atom. The quantitative estimate of drug-likeness (QED) is 0.858. The van der Waals surface area contributed by atoms with E-state index < -0.39 is 0 Å². The van der Waals surface area contributed by atoms with Gasteiger partial charge in [0.15, 0.2) is 0 Å². The summed E-state index contributed by atoms with van der Waals surface area (Å²) in [4.78, 5) is 8.50. The van der Waals surface area contributed by atoms with Crippen LogP contribution in [0.1, 0.15) is 24.6 Å². The molecular formula is C13H18N4. The maximum absolute atomic E-state index is 4.48. The van der Waals surface area contributed by atoms with Crippen LogP contribution in [0.3, 0.4) is 0 Å². The zero-order valence-electron chi connectivity index (χ0n) is 10.3. The molecule has 0 amide bonds. The molecule has 4 heteroatoms. The van der Waals surface area contributed by atoms with E-state index >= 15 is 0 Å². The summed E-state index contributed by atoms with van der Waals surface area (Å²) in [5.41, 5.74) is 2.27. The van der Waals surface area contributed by atoms with Gasteiger partial charge < -0.3 is 9.88 Å². The van der Waals surface area contributed by atoms with E-state index in [1.807, 2.05) is 31.5 Å². The molecule has 4 nitrogen and oxygen atoms in total. The van der Waals surface area contributed by atoms with E-state index in [0.717, 1.165) is 31.2 Å². The predicted molar refractivity (Wildman–Crippen MR) is 69.1 cm³/mol. The molecule has 2 heterocycles. The molecule has 0 aromatic carbocycles. The van der Waals surface area contributed by atoms with Gasteiger partial charge in [-0.2, -0.15) is 0 Å². The first-order chi connectivity index (χ1) is 8.29. The van der Waals surface area contributed by atoms with E-state index in [4.69, 9.17) is 0 Å². The van der Waals surface area contributed by atoms with Gasteiger partial charge >= 0.3 is 0 Å². The van der Waals surface area contributed by atoms with E-state index in [1.54, 1.807) is 0 Å². The first-order valence-corrected chi connectivity index (χ1v) is 5.96. The van der Waals surface area contributed by atoms with Crippen molar-refractivity contribution >= 4 is 5.95 Å². The minimum absolute atomic E-state index is 0.829. The second kappa shape index (κ2) is 5.48. The van der Waals surface area contributed by atoms with Gasteiger partial charge in [0.1, 0.15) is 0 Å². The third-order valence-electron chi connectivity index (χ3n) is 2.53. The highest BCUT2D eigenvalue weighted by molar-refractivity contribution is 5.30. The van der Waals surface area contributed by atoms with Crippen molar-refractivity contribution in [3.05, 3.63) is 42.0 Å². The second-order valence-corrected chi connectivity index (χ2v) is 4.12. The summed E-state index contributed by atoms with van der Waals surface area (Å²) in [5.74, 6) is 0.946. The maximum atomic E-state index is 4.48.